The maximum Gasteiger partial charge on any atom is 0.493 e. The lowest BCUT2D eigenvalue weighted by Crippen LogP contribution is -2.49. The van der Waals surface area contributed by atoms with Gasteiger partial charge in [-0.25, -0.2) is 4.79 Å². The molecule has 13 heteroatoms. The standard InChI is InChI=1S/C29H32F5N3O5/c1-19-4-3-13-36(17-19)23-11-14-35(15-12-23)25(38)21-7-9-22(10-8-21)26(39)37(42-27(40)29(32,33)34)18-20-5-2-6-24(16-20)41-28(30)31/h2,5-10,16,19,23,28H,3-4,11-15,17-18H2,1H3/t19-/m1/s1. The summed E-state index contributed by atoms with van der Waals surface area (Å²) < 4.78 is 68.2. The maximum atomic E-state index is 13.1. The van der Waals surface area contributed by atoms with Gasteiger partial charge in [-0.3, -0.25) is 14.5 Å². The first kappa shape index (κ1) is 31.2. The summed E-state index contributed by atoms with van der Waals surface area (Å²) >= 11 is 0. The van der Waals surface area contributed by atoms with Crippen LogP contribution in [0.2, 0.25) is 0 Å². The fraction of sp³-hybridized carbons (Fsp3) is 0.483. The van der Waals surface area contributed by atoms with Crippen molar-refractivity contribution in [1.29, 1.82) is 0 Å². The number of carbonyl (C=O) groups excluding carboxylic acids is 3. The van der Waals surface area contributed by atoms with E-state index in [-0.39, 0.29) is 27.8 Å². The molecule has 2 heterocycles. The second kappa shape index (κ2) is 13.5. The monoisotopic (exact) mass is 597 g/mol. The van der Waals surface area contributed by atoms with Gasteiger partial charge in [0, 0.05) is 36.8 Å². The summed E-state index contributed by atoms with van der Waals surface area (Å²) in [5, 5.41) is 0.181. The lowest BCUT2D eigenvalue weighted by atomic mass is 9.95. The number of amides is 2. The molecule has 2 fully saturated rings. The average molecular weight is 598 g/mol. The number of hydrogen-bond acceptors (Lipinski definition) is 6. The Balaban J connectivity index is 1.42. The molecule has 0 N–H and O–H groups in total. The van der Waals surface area contributed by atoms with Crippen molar-refractivity contribution in [3.05, 3.63) is 65.2 Å². The van der Waals surface area contributed by atoms with Gasteiger partial charge in [0.15, 0.2) is 0 Å². The largest absolute Gasteiger partial charge is 0.493 e. The fourth-order valence-electron chi connectivity index (χ4n) is 5.36. The molecule has 0 saturated carbocycles. The van der Waals surface area contributed by atoms with Crippen molar-refractivity contribution >= 4 is 17.8 Å². The number of nitrogens with zero attached hydrogens (tertiary/aromatic N) is 3. The van der Waals surface area contributed by atoms with Crippen LogP contribution in [0, 0.1) is 5.92 Å². The van der Waals surface area contributed by atoms with Crippen LogP contribution >= 0.6 is 0 Å². The summed E-state index contributed by atoms with van der Waals surface area (Å²) in [6.07, 6.45) is -1.26. The van der Waals surface area contributed by atoms with Gasteiger partial charge in [0.05, 0.1) is 6.54 Å². The molecule has 42 heavy (non-hydrogen) atoms. The highest BCUT2D eigenvalue weighted by atomic mass is 19.4. The van der Waals surface area contributed by atoms with Crippen molar-refractivity contribution in [2.45, 2.75) is 58.0 Å². The highest BCUT2D eigenvalue weighted by Gasteiger charge is 2.43. The Kier molecular flexibility index (Phi) is 10.0. The number of halogens is 5. The molecule has 2 saturated heterocycles. The third kappa shape index (κ3) is 8.17. The fourth-order valence-corrected chi connectivity index (χ4v) is 5.36. The van der Waals surface area contributed by atoms with Crippen LogP contribution in [0.3, 0.4) is 0 Å². The van der Waals surface area contributed by atoms with Crippen molar-refractivity contribution in [3.63, 3.8) is 0 Å². The van der Waals surface area contributed by atoms with Crippen molar-refractivity contribution < 1.29 is 45.9 Å². The molecular weight excluding hydrogens is 565 g/mol. The number of likely N-dealkylation sites (tertiary alicyclic amines) is 2. The van der Waals surface area contributed by atoms with Crippen LogP contribution in [0.4, 0.5) is 22.0 Å². The molecule has 0 spiro atoms. The van der Waals surface area contributed by atoms with Gasteiger partial charge in [0.25, 0.3) is 11.8 Å². The van der Waals surface area contributed by atoms with E-state index in [2.05, 4.69) is 21.4 Å². The van der Waals surface area contributed by atoms with Crippen LogP contribution in [0.15, 0.2) is 48.5 Å². The first-order chi connectivity index (χ1) is 19.9. The molecule has 4 rings (SSSR count). The van der Waals surface area contributed by atoms with E-state index in [0.29, 0.717) is 30.6 Å². The minimum absolute atomic E-state index is 0.0608. The topological polar surface area (TPSA) is 79.4 Å². The molecular formula is C29H32F5N3O5. The average Bonchev–Trinajstić information content (AvgIpc) is 2.95. The highest BCUT2D eigenvalue weighted by Crippen LogP contribution is 2.25. The highest BCUT2D eigenvalue weighted by molar-refractivity contribution is 5.98. The molecule has 2 aromatic rings. The van der Waals surface area contributed by atoms with Gasteiger partial charge in [0.2, 0.25) is 0 Å². The number of carbonyl (C=O) groups is 3. The summed E-state index contributed by atoms with van der Waals surface area (Å²) in [5.74, 6) is -3.60. The number of rotatable bonds is 7. The van der Waals surface area contributed by atoms with Crippen molar-refractivity contribution in [1.82, 2.24) is 14.9 Å². The predicted molar refractivity (Wildman–Crippen MR) is 140 cm³/mol. The summed E-state index contributed by atoms with van der Waals surface area (Å²) in [5.41, 5.74) is 0.206. The van der Waals surface area contributed by atoms with Gasteiger partial charge in [0.1, 0.15) is 5.75 Å². The maximum absolute atomic E-state index is 13.1. The van der Waals surface area contributed by atoms with Gasteiger partial charge < -0.3 is 14.5 Å². The SMILES string of the molecule is C[C@@H]1CCCN(C2CCN(C(=O)c3ccc(C(=O)N(Cc4cccc(OC(F)F)c4)OC(=O)C(F)(F)F)cc3)CC2)C1. The van der Waals surface area contributed by atoms with Crippen molar-refractivity contribution in [3.8, 4) is 5.75 Å². The minimum Gasteiger partial charge on any atom is -0.435 e. The van der Waals surface area contributed by atoms with Crippen LogP contribution in [0.25, 0.3) is 0 Å². The number of benzene rings is 2. The van der Waals surface area contributed by atoms with E-state index in [0.717, 1.165) is 32.0 Å². The third-order valence-corrected chi connectivity index (χ3v) is 7.44. The summed E-state index contributed by atoms with van der Waals surface area (Å²) in [4.78, 5) is 46.4. The molecule has 0 aliphatic carbocycles. The molecule has 8 nitrogen and oxygen atoms in total. The minimum atomic E-state index is -5.39. The van der Waals surface area contributed by atoms with Gasteiger partial charge in [-0.2, -0.15) is 27.0 Å². The lowest BCUT2D eigenvalue weighted by Gasteiger charge is -2.41. The van der Waals surface area contributed by atoms with E-state index in [1.807, 2.05) is 0 Å². The second-order valence-corrected chi connectivity index (χ2v) is 10.6. The first-order valence-electron chi connectivity index (χ1n) is 13.7. The number of piperidine rings is 2. The zero-order valence-electron chi connectivity index (χ0n) is 23.0. The Morgan fingerprint density at radius 1 is 0.976 bits per heavy atom. The van der Waals surface area contributed by atoms with Crippen LogP contribution in [-0.2, 0) is 16.2 Å². The zero-order valence-corrected chi connectivity index (χ0v) is 23.0. The second-order valence-electron chi connectivity index (χ2n) is 10.6. The molecule has 0 unspecified atom stereocenters. The molecule has 1 atom stereocenters. The van der Waals surface area contributed by atoms with Gasteiger partial charge in [-0.05, 0) is 80.1 Å². The molecule has 2 amide bonds. The van der Waals surface area contributed by atoms with Crippen LogP contribution in [0.5, 0.6) is 5.75 Å². The van der Waals surface area contributed by atoms with E-state index in [9.17, 15) is 36.3 Å². The van der Waals surface area contributed by atoms with Crippen molar-refractivity contribution in [2.75, 3.05) is 26.2 Å². The van der Waals surface area contributed by atoms with E-state index in [4.69, 9.17) is 0 Å². The van der Waals surface area contributed by atoms with Crippen LogP contribution < -0.4 is 4.74 Å². The quantitative estimate of drug-likeness (QED) is 0.319. The normalized spacial score (nSPS) is 18.5. The summed E-state index contributed by atoms with van der Waals surface area (Å²) in [6, 6.07) is 10.6. The molecule has 0 aromatic heterocycles. The Bertz CT molecular complexity index is 1250. The molecule has 2 aliphatic heterocycles. The number of ether oxygens (including phenoxy) is 1. The predicted octanol–water partition coefficient (Wildman–Crippen LogP) is 5.29. The Morgan fingerprint density at radius 3 is 2.26 bits per heavy atom. The van der Waals surface area contributed by atoms with Gasteiger partial charge >= 0.3 is 18.8 Å². The molecule has 0 bridgehead atoms. The van der Waals surface area contributed by atoms with Gasteiger partial charge in [-0.15, -0.1) is 0 Å². The number of hydrogen-bond donors (Lipinski definition) is 0. The Morgan fingerprint density at radius 2 is 1.64 bits per heavy atom. The molecule has 0 radical (unpaired) electrons. The van der Waals surface area contributed by atoms with Crippen LogP contribution in [0.1, 0.15) is 58.9 Å². The Labute approximate surface area is 239 Å². The van der Waals surface area contributed by atoms with Crippen LogP contribution in [-0.4, -0.2) is 77.7 Å². The van der Waals surface area contributed by atoms with Crippen molar-refractivity contribution in [2.24, 2.45) is 5.92 Å². The third-order valence-electron chi connectivity index (χ3n) is 7.44. The summed E-state index contributed by atoms with van der Waals surface area (Å²) in [7, 11) is 0. The molecule has 2 aliphatic rings. The summed E-state index contributed by atoms with van der Waals surface area (Å²) in [6.45, 7) is 1.73. The molecule has 228 valence electrons. The van der Waals surface area contributed by atoms with E-state index >= 15 is 0 Å². The van der Waals surface area contributed by atoms with E-state index in [1.165, 1.54) is 55.3 Å². The van der Waals surface area contributed by atoms with E-state index in [1.54, 1.807) is 4.90 Å². The Hall–Kier alpha value is -3.74. The van der Waals surface area contributed by atoms with E-state index < -0.39 is 31.2 Å². The zero-order chi connectivity index (χ0) is 30.4. The number of hydroxylamine groups is 2. The lowest BCUT2D eigenvalue weighted by molar-refractivity contribution is -0.230. The smallest absolute Gasteiger partial charge is 0.435 e. The number of alkyl halides is 5. The first-order valence-corrected chi connectivity index (χ1v) is 13.7. The van der Waals surface area contributed by atoms with Gasteiger partial charge in [-0.1, -0.05) is 19.1 Å². The molecule has 2 aromatic carbocycles.